The standard InChI is InChI=1S/C16H19N3O3S/c1-3-7-13(2)16(20)18-23(21,22)15-10-17-19(12-15)11-14-8-5-4-6-9-14/h4-10,12H,3,11H2,1-2H3,(H,18,20). The number of allylic oxidation sites excluding steroid dienone is 1. The molecule has 0 aliphatic heterocycles. The number of sulfonamides is 1. The van der Waals surface area contributed by atoms with Gasteiger partial charge in [0.25, 0.3) is 15.9 Å². The molecule has 6 nitrogen and oxygen atoms in total. The number of hydrogen-bond donors (Lipinski definition) is 1. The van der Waals surface area contributed by atoms with Crippen molar-refractivity contribution in [1.82, 2.24) is 14.5 Å². The molecule has 0 unspecified atom stereocenters. The van der Waals surface area contributed by atoms with Gasteiger partial charge in [-0.2, -0.15) is 5.10 Å². The van der Waals surface area contributed by atoms with Crippen LogP contribution in [0.1, 0.15) is 25.8 Å². The Morgan fingerprint density at radius 2 is 2.00 bits per heavy atom. The van der Waals surface area contributed by atoms with Crippen LogP contribution >= 0.6 is 0 Å². The average Bonchev–Trinajstić information content (AvgIpc) is 2.97. The van der Waals surface area contributed by atoms with Gasteiger partial charge in [-0.05, 0) is 18.9 Å². The quantitative estimate of drug-likeness (QED) is 0.821. The Labute approximate surface area is 135 Å². The lowest BCUT2D eigenvalue weighted by Crippen LogP contribution is -2.30. The van der Waals surface area contributed by atoms with Crippen LogP contribution in [0.25, 0.3) is 0 Å². The van der Waals surface area contributed by atoms with Crippen molar-refractivity contribution in [2.45, 2.75) is 31.7 Å². The fraction of sp³-hybridized carbons (Fsp3) is 0.250. The predicted molar refractivity (Wildman–Crippen MR) is 87.1 cm³/mol. The van der Waals surface area contributed by atoms with Gasteiger partial charge in [-0.3, -0.25) is 9.48 Å². The first-order valence-electron chi connectivity index (χ1n) is 7.22. The lowest BCUT2D eigenvalue weighted by Gasteiger charge is -2.05. The molecule has 0 atom stereocenters. The minimum atomic E-state index is -3.92. The van der Waals surface area contributed by atoms with Gasteiger partial charge in [-0.25, -0.2) is 13.1 Å². The molecule has 2 rings (SSSR count). The molecule has 2 aromatic rings. The molecule has 122 valence electrons. The first-order valence-corrected chi connectivity index (χ1v) is 8.71. The van der Waals surface area contributed by atoms with Crippen LogP contribution in [0.5, 0.6) is 0 Å². The average molecular weight is 333 g/mol. The minimum Gasteiger partial charge on any atom is -0.269 e. The molecule has 0 fully saturated rings. The summed E-state index contributed by atoms with van der Waals surface area (Å²) in [6, 6.07) is 9.57. The highest BCUT2D eigenvalue weighted by molar-refractivity contribution is 7.90. The minimum absolute atomic E-state index is 0.0360. The second-order valence-corrected chi connectivity index (χ2v) is 6.77. The van der Waals surface area contributed by atoms with Crippen molar-refractivity contribution in [3.8, 4) is 0 Å². The number of amides is 1. The molecule has 1 aromatic carbocycles. The van der Waals surface area contributed by atoms with Crippen molar-refractivity contribution >= 4 is 15.9 Å². The van der Waals surface area contributed by atoms with Gasteiger partial charge in [0.05, 0.1) is 12.7 Å². The lowest BCUT2D eigenvalue weighted by molar-refractivity contribution is -0.115. The van der Waals surface area contributed by atoms with Gasteiger partial charge >= 0.3 is 0 Å². The fourth-order valence-electron chi connectivity index (χ4n) is 2.00. The number of nitrogens with zero attached hydrogens (tertiary/aromatic N) is 2. The van der Waals surface area contributed by atoms with Gasteiger partial charge in [-0.15, -0.1) is 0 Å². The molecule has 0 bridgehead atoms. The fourth-order valence-corrected chi connectivity index (χ4v) is 2.97. The van der Waals surface area contributed by atoms with Crippen molar-refractivity contribution in [3.05, 3.63) is 59.9 Å². The summed E-state index contributed by atoms with van der Waals surface area (Å²) in [7, 11) is -3.92. The van der Waals surface area contributed by atoms with Crippen LogP contribution in [-0.2, 0) is 21.4 Å². The van der Waals surface area contributed by atoms with Crippen LogP contribution in [0.4, 0.5) is 0 Å². The zero-order valence-electron chi connectivity index (χ0n) is 13.1. The van der Waals surface area contributed by atoms with E-state index in [1.54, 1.807) is 13.0 Å². The Bertz CT molecular complexity index is 808. The summed E-state index contributed by atoms with van der Waals surface area (Å²) < 4.78 is 28.0. The SMILES string of the molecule is CCC=C(C)C(=O)NS(=O)(=O)c1cnn(Cc2ccccc2)c1. The molecule has 0 aliphatic carbocycles. The van der Waals surface area contributed by atoms with Crippen LogP contribution in [0, 0.1) is 0 Å². The predicted octanol–water partition coefficient (Wildman–Crippen LogP) is 2.09. The Morgan fingerprint density at radius 3 is 2.65 bits per heavy atom. The maximum atomic E-state index is 12.2. The van der Waals surface area contributed by atoms with Gasteiger partial charge in [0.2, 0.25) is 0 Å². The Balaban J connectivity index is 2.12. The smallest absolute Gasteiger partial charge is 0.267 e. The third kappa shape index (κ3) is 4.53. The van der Waals surface area contributed by atoms with E-state index in [0.717, 1.165) is 5.56 Å². The number of hydrogen-bond acceptors (Lipinski definition) is 4. The van der Waals surface area contributed by atoms with E-state index in [1.165, 1.54) is 17.1 Å². The van der Waals surface area contributed by atoms with Crippen LogP contribution in [0.2, 0.25) is 0 Å². The zero-order valence-corrected chi connectivity index (χ0v) is 13.9. The van der Waals surface area contributed by atoms with Gasteiger partial charge < -0.3 is 0 Å². The monoisotopic (exact) mass is 333 g/mol. The molecule has 0 aliphatic rings. The maximum absolute atomic E-state index is 12.2. The summed E-state index contributed by atoms with van der Waals surface area (Å²) in [5.41, 5.74) is 1.37. The second kappa shape index (κ2) is 7.23. The molecule has 0 saturated carbocycles. The van der Waals surface area contributed by atoms with Crippen molar-refractivity contribution in [3.63, 3.8) is 0 Å². The van der Waals surface area contributed by atoms with Crippen molar-refractivity contribution in [2.75, 3.05) is 0 Å². The zero-order chi connectivity index (χ0) is 16.9. The van der Waals surface area contributed by atoms with Crippen molar-refractivity contribution < 1.29 is 13.2 Å². The van der Waals surface area contributed by atoms with E-state index >= 15 is 0 Å². The third-order valence-corrected chi connectivity index (χ3v) is 4.49. The number of benzene rings is 1. The molecular weight excluding hydrogens is 314 g/mol. The molecular formula is C16H19N3O3S. The van der Waals surface area contributed by atoms with Crippen LogP contribution in [0.15, 0.2) is 59.3 Å². The third-order valence-electron chi connectivity index (χ3n) is 3.20. The summed E-state index contributed by atoms with van der Waals surface area (Å²) in [5.74, 6) is -0.623. The van der Waals surface area contributed by atoms with E-state index in [4.69, 9.17) is 0 Å². The number of carbonyl (C=O) groups is 1. The highest BCUT2D eigenvalue weighted by atomic mass is 32.2. The first kappa shape index (κ1) is 17.0. The topological polar surface area (TPSA) is 81.1 Å². The van der Waals surface area contributed by atoms with Gasteiger partial charge in [0, 0.05) is 11.8 Å². The van der Waals surface area contributed by atoms with Crippen molar-refractivity contribution in [1.29, 1.82) is 0 Å². The van der Waals surface area contributed by atoms with E-state index in [2.05, 4.69) is 5.10 Å². The Morgan fingerprint density at radius 1 is 1.30 bits per heavy atom. The summed E-state index contributed by atoms with van der Waals surface area (Å²) in [5, 5.41) is 4.04. The second-order valence-electron chi connectivity index (χ2n) is 5.09. The van der Waals surface area contributed by atoms with Gasteiger partial charge in [0.1, 0.15) is 4.90 Å². The highest BCUT2D eigenvalue weighted by Gasteiger charge is 2.20. The first-order chi connectivity index (χ1) is 10.9. The highest BCUT2D eigenvalue weighted by Crippen LogP contribution is 2.10. The molecule has 1 N–H and O–H groups in total. The normalized spacial score (nSPS) is 12.2. The number of aromatic nitrogens is 2. The Kier molecular flexibility index (Phi) is 5.33. The van der Waals surface area contributed by atoms with Crippen LogP contribution < -0.4 is 4.72 Å². The summed E-state index contributed by atoms with van der Waals surface area (Å²) in [6.45, 7) is 3.91. The molecule has 7 heteroatoms. The Hall–Kier alpha value is -2.41. The molecule has 0 radical (unpaired) electrons. The summed E-state index contributed by atoms with van der Waals surface area (Å²) in [4.78, 5) is 11.8. The van der Waals surface area contributed by atoms with Gasteiger partial charge in [-0.1, -0.05) is 43.3 Å². The van der Waals surface area contributed by atoms with E-state index < -0.39 is 15.9 Å². The molecule has 23 heavy (non-hydrogen) atoms. The number of rotatable bonds is 6. The van der Waals surface area contributed by atoms with Crippen LogP contribution in [0.3, 0.4) is 0 Å². The van der Waals surface area contributed by atoms with E-state index in [1.807, 2.05) is 42.0 Å². The number of carbonyl (C=O) groups excluding carboxylic acids is 1. The number of nitrogens with one attached hydrogen (secondary N) is 1. The van der Waals surface area contributed by atoms with Crippen molar-refractivity contribution in [2.24, 2.45) is 0 Å². The molecule has 1 heterocycles. The summed E-state index contributed by atoms with van der Waals surface area (Å²) in [6.07, 6.45) is 4.97. The molecule has 0 saturated heterocycles. The summed E-state index contributed by atoms with van der Waals surface area (Å²) >= 11 is 0. The van der Waals surface area contributed by atoms with E-state index in [-0.39, 0.29) is 4.90 Å². The maximum Gasteiger partial charge on any atom is 0.267 e. The molecule has 0 spiro atoms. The molecule has 1 aromatic heterocycles. The van der Waals surface area contributed by atoms with E-state index in [0.29, 0.717) is 18.5 Å². The van der Waals surface area contributed by atoms with Crippen LogP contribution in [-0.4, -0.2) is 24.1 Å². The lowest BCUT2D eigenvalue weighted by atomic mass is 10.2. The molecule has 1 amide bonds. The van der Waals surface area contributed by atoms with Gasteiger partial charge in [0.15, 0.2) is 0 Å². The largest absolute Gasteiger partial charge is 0.269 e. The van der Waals surface area contributed by atoms with E-state index in [9.17, 15) is 13.2 Å².